The summed E-state index contributed by atoms with van der Waals surface area (Å²) >= 11 is 17.0. The number of rotatable bonds is 5. The summed E-state index contributed by atoms with van der Waals surface area (Å²) in [4.78, 5) is 30.4. The molecule has 2 aromatic heterocycles. The molecule has 0 spiro atoms. The fraction of sp³-hybridized carbons (Fsp3) is 0.143. The van der Waals surface area contributed by atoms with Crippen LogP contribution in [0.15, 0.2) is 54.6 Å². The second kappa shape index (κ2) is 12.1. The first-order valence-electron chi connectivity index (χ1n) is 8.78. The van der Waals surface area contributed by atoms with Gasteiger partial charge in [0, 0.05) is 6.54 Å². The fourth-order valence-electron chi connectivity index (χ4n) is 2.30. The minimum Gasteiger partial charge on any atom is -0.465 e. The van der Waals surface area contributed by atoms with Crippen LogP contribution in [0.4, 0.5) is 5.82 Å². The second-order valence-electron chi connectivity index (χ2n) is 5.82. The number of hydrogen-bond acceptors (Lipinski definition) is 7. The molecule has 0 bridgehead atoms. The number of ether oxygens (including phenoxy) is 2. The summed E-state index contributed by atoms with van der Waals surface area (Å²) in [6.07, 6.45) is 0. The van der Waals surface area contributed by atoms with Crippen LogP contribution in [-0.2, 0) is 16.0 Å². The van der Waals surface area contributed by atoms with Crippen molar-refractivity contribution in [2.75, 3.05) is 19.5 Å². The summed E-state index contributed by atoms with van der Waals surface area (Å²) < 4.78 is 9.16. The average molecular weight is 483 g/mol. The molecule has 0 aliphatic heterocycles. The van der Waals surface area contributed by atoms with E-state index >= 15 is 0 Å². The molecule has 3 rings (SSSR count). The molecule has 10 heteroatoms. The van der Waals surface area contributed by atoms with Crippen molar-refractivity contribution in [3.05, 3.63) is 86.7 Å². The van der Waals surface area contributed by atoms with E-state index in [1.165, 1.54) is 26.4 Å². The molecule has 0 atom stereocenters. The van der Waals surface area contributed by atoms with E-state index in [2.05, 4.69) is 20.0 Å². The molecule has 7 nitrogen and oxygen atoms in total. The van der Waals surface area contributed by atoms with Gasteiger partial charge in [0.15, 0.2) is 0 Å². The lowest BCUT2D eigenvalue weighted by Gasteiger charge is -2.10. The molecule has 0 saturated heterocycles. The van der Waals surface area contributed by atoms with Crippen LogP contribution in [0.25, 0.3) is 0 Å². The molecule has 3 aromatic rings. The Labute approximate surface area is 194 Å². The molecular weight excluding hydrogens is 465 g/mol. The summed E-state index contributed by atoms with van der Waals surface area (Å²) in [5, 5.41) is 3.71. The molecule has 0 saturated carbocycles. The highest BCUT2D eigenvalue weighted by Crippen LogP contribution is 2.19. The van der Waals surface area contributed by atoms with Crippen LogP contribution < -0.4 is 5.32 Å². The Bertz CT molecular complexity index is 1050. The first kappa shape index (κ1) is 24.4. The molecular formula is C21H18Cl3N3O4. The Balaban J connectivity index is 0.000000245. The minimum atomic E-state index is -0.524. The van der Waals surface area contributed by atoms with E-state index in [9.17, 15) is 9.59 Å². The molecule has 0 aliphatic rings. The van der Waals surface area contributed by atoms with Gasteiger partial charge in [0.1, 0.15) is 26.8 Å². The van der Waals surface area contributed by atoms with Crippen LogP contribution in [0.1, 0.15) is 26.3 Å². The number of nitrogens with zero attached hydrogens (tertiary/aromatic N) is 2. The lowest BCUT2D eigenvalue weighted by atomic mass is 10.2. The number of halogens is 3. The topological polar surface area (TPSA) is 90.4 Å². The van der Waals surface area contributed by atoms with Crippen LogP contribution in [-0.4, -0.2) is 36.1 Å². The highest BCUT2D eigenvalue weighted by atomic mass is 35.5. The van der Waals surface area contributed by atoms with E-state index in [1.807, 2.05) is 30.3 Å². The van der Waals surface area contributed by atoms with Crippen molar-refractivity contribution in [3.63, 3.8) is 0 Å². The lowest BCUT2D eigenvalue weighted by Crippen LogP contribution is -2.10. The molecule has 1 N–H and O–H groups in total. The molecule has 0 unspecified atom stereocenters. The molecule has 2 heterocycles. The van der Waals surface area contributed by atoms with Crippen LogP contribution in [0.5, 0.6) is 0 Å². The number of carbonyl (C=O) groups excluding carboxylic acids is 2. The van der Waals surface area contributed by atoms with E-state index in [1.54, 1.807) is 12.1 Å². The zero-order valence-electron chi connectivity index (χ0n) is 16.6. The van der Waals surface area contributed by atoms with Crippen LogP contribution >= 0.6 is 34.8 Å². The van der Waals surface area contributed by atoms with Crippen molar-refractivity contribution in [1.82, 2.24) is 9.97 Å². The molecule has 0 fully saturated rings. The van der Waals surface area contributed by atoms with Gasteiger partial charge in [0.25, 0.3) is 0 Å². The third-order valence-corrected chi connectivity index (χ3v) is 4.50. The van der Waals surface area contributed by atoms with Crippen molar-refractivity contribution in [2.24, 2.45) is 0 Å². The van der Waals surface area contributed by atoms with E-state index in [0.29, 0.717) is 23.1 Å². The summed E-state index contributed by atoms with van der Waals surface area (Å²) in [6.45, 7) is 0.554. The molecule has 31 heavy (non-hydrogen) atoms. The zero-order valence-corrected chi connectivity index (χ0v) is 18.8. The van der Waals surface area contributed by atoms with Gasteiger partial charge in [-0.15, -0.1) is 0 Å². The van der Waals surface area contributed by atoms with Gasteiger partial charge in [-0.2, -0.15) is 0 Å². The Hall–Kier alpha value is -2.87. The molecule has 0 radical (unpaired) electrons. The number of nitrogens with one attached hydrogen (secondary N) is 1. The number of benzene rings is 1. The van der Waals surface area contributed by atoms with Crippen molar-refractivity contribution in [3.8, 4) is 0 Å². The number of aromatic nitrogens is 2. The fourth-order valence-corrected chi connectivity index (χ4v) is 2.87. The second-order valence-corrected chi connectivity index (χ2v) is 6.96. The number of esters is 2. The maximum atomic E-state index is 11.6. The van der Waals surface area contributed by atoms with Crippen molar-refractivity contribution < 1.29 is 19.1 Å². The van der Waals surface area contributed by atoms with Crippen molar-refractivity contribution in [2.45, 2.75) is 6.54 Å². The van der Waals surface area contributed by atoms with Gasteiger partial charge in [0.2, 0.25) is 0 Å². The summed E-state index contributed by atoms with van der Waals surface area (Å²) in [7, 11) is 2.60. The Morgan fingerprint density at radius 2 is 1.35 bits per heavy atom. The maximum absolute atomic E-state index is 11.6. The number of pyridine rings is 2. The molecule has 162 valence electrons. The zero-order chi connectivity index (χ0) is 22.8. The van der Waals surface area contributed by atoms with Crippen LogP contribution in [0.3, 0.4) is 0 Å². The molecule has 1 aromatic carbocycles. The SMILES string of the molecule is COC(=O)c1ccc(Cl)nc1Cl.COC(=O)c1ccc(Cl)nc1NCc1ccccc1. The van der Waals surface area contributed by atoms with Gasteiger partial charge in [0.05, 0.1) is 19.8 Å². The van der Waals surface area contributed by atoms with E-state index in [-0.39, 0.29) is 15.9 Å². The van der Waals surface area contributed by atoms with Gasteiger partial charge < -0.3 is 14.8 Å². The van der Waals surface area contributed by atoms with E-state index in [0.717, 1.165) is 5.56 Å². The quantitative estimate of drug-likeness (QED) is 0.389. The third-order valence-electron chi connectivity index (χ3n) is 3.79. The molecule has 0 amide bonds. The number of methoxy groups -OCH3 is 2. The Morgan fingerprint density at radius 1 is 0.806 bits per heavy atom. The highest BCUT2D eigenvalue weighted by Gasteiger charge is 2.13. The normalized spacial score (nSPS) is 9.84. The van der Waals surface area contributed by atoms with Gasteiger partial charge in [-0.25, -0.2) is 19.6 Å². The predicted octanol–water partition coefficient (Wildman–Crippen LogP) is 5.31. The van der Waals surface area contributed by atoms with Crippen molar-refractivity contribution in [1.29, 1.82) is 0 Å². The first-order valence-corrected chi connectivity index (χ1v) is 9.92. The predicted molar refractivity (Wildman–Crippen MR) is 120 cm³/mol. The standard InChI is InChI=1S/C14H13ClN2O2.C7H5Cl2NO2/c1-19-14(18)11-7-8-12(15)17-13(11)16-9-10-5-3-2-4-6-10;1-12-7(11)4-2-3-5(8)10-6(4)9/h2-8H,9H2,1H3,(H,16,17);2-3H,1H3. The lowest BCUT2D eigenvalue weighted by molar-refractivity contribution is 0.0592. The van der Waals surface area contributed by atoms with E-state index in [4.69, 9.17) is 39.5 Å². The van der Waals surface area contributed by atoms with Gasteiger partial charge >= 0.3 is 11.9 Å². The largest absolute Gasteiger partial charge is 0.465 e. The van der Waals surface area contributed by atoms with Crippen LogP contribution in [0.2, 0.25) is 15.5 Å². The number of hydrogen-bond donors (Lipinski definition) is 1. The average Bonchev–Trinajstić information content (AvgIpc) is 2.78. The first-order chi connectivity index (χ1) is 14.8. The summed E-state index contributed by atoms with van der Waals surface area (Å²) in [6, 6.07) is 15.9. The minimum absolute atomic E-state index is 0.0503. The number of anilines is 1. The van der Waals surface area contributed by atoms with Crippen LogP contribution in [0, 0.1) is 0 Å². The highest BCUT2D eigenvalue weighted by molar-refractivity contribution is 6.34. The van der Waals surface area contributed by atoms with E-state index < -0.39 is 11.9 Å². The number of carbonyl (C=O) groups is 2. The Kier molecular flexibility index (Phi) is 9.52. The van der Waals surface area contributed by atoms with Gasteiger partial charge in [-0.3, -0.25) is 0 Å². The smallest absolute Gasteiger partial charge is 0.341 e. The monoisotopic (exact) mass is 481 g/mol. The summed E-state index contributed by atoms with van der Waals surface area (Å²) in [5.41, 5.74) is 1.66. The third kappa shape index (κ3) is 7.40. The van der Waals surface area contributed by atoms with Gasteiger partial charge in [-0.05, 0) is 29.8 Å². The Morgan fingerprint density at radius 3 is 1.94 bits per heavy atom. The molecule has 0 aliphatic carbocycles. The van der Waals surface area contributed by atoms with Crippen molar-refractivity contribution >= 4 is 52.6 Å². The van der Waals surface area contributed by atoms with Gasteiger partial charge in [-0.1, -0.05) is 65.1 Å². The summed E-state index contributed by atoms with van der Waals surface area (Å²) in [5.74, 6) is -0.549. The maximum Gasteiger partial charge on any atom is 0.341 e.